The Balaban J connectivity index is 1.51. The Kier molecular flexibility index (Phi) is 4.64. The number of carbonyl (C=O) groups is 1. The molecule has 1 unspecified atom stereocenters. The molecule has 3 aromatic rings. The number of carbonyl (C=O) groups excluding carboxylic acids is 1. The molecule has 1 saturated heterocycles. The number of benzene rings is 2. The van der Waals surface area contributed by atoms with Crippen LogP contribution in [0, 0.1) is 11.3 Å². The molecule has 0 bridgehead atoms. The third kappa shape index (κ3) is 3.57. The third-order valence-electron chi connectivity index (χ3n) is 4.47. The minimum atomic E-state index is -0.264. The van der Waals surface area contributed by atoms with Gasteiger partial charge in [-0.15, -0.1) is 5.10 Å². The maximum Gasteiger partial charge on any atom is 0.276 e. The second kappa shape index (κ2) is 7.40. The summed E-state index contributed by atoms with van der Waals surface area (Å²) in [5.74, 6) is -0.179. The molecule has 27 heavy (non-hydrogen) atoms. The van der Waals surface area contributed by atoms with E-state index in [1.165, 1.54) is 0 Å². The van der Waals surface area contributed by atoms with Crippen LogP contribution in [-0.2, 0) is 4.74 Å². The van der Waals surface area contributed by atoms with Crippen LogP contribution in [0.25, 0.3) is 5.69 Å². The van der Waals surface area contributed by atoms with Gasteiger partial charge in [0.15, 0.2) is 5.69 Å². The van der Waals surface area contributed by atoms with Gasteiger partial charge in [-0.3, -0.25) is 4.79 Å². The monoisotopic (exact) mass is 359 g/mol. The van der Waals surface area contributed by atoms with E-state index >= 15 is 0 Å². The van der Waals surface area contributed by atoms with E-state index in [-0.39, 0.29) is 12.0 Å². The van der Waals surface area contributed by atoms with E-state index < -0.39 is 0 Å². The van der Waals surface area contributed by atoms with Crippen LogP contribution in [-0.4, -0.2) is 45.5 Å². The molecule has 2 heterocycles. The highest BCUT2D eigenvalue weighted by atomic mass is 16.5. The lowest BCUT2D eigenvalue weighted by molar-refractivity contribution is -0.0230. The lowest BCUT2D eigenvalue weighted by atomic mass is 10.0. The van der Waals surface area contributed by atoms with Crippen molar-refractivity contribution in [3.8, 4) is 11.8 Å². The van der Waals surface area contributed by atoms with E-state index in [0.29, 0.717) is 31.0 Å². The second-order valence-electron chi connectivity index (χ2n) is 6.23. The van der Waals surface area contributed by atoms with Gasteiger partial charge < -0.3 is 9.64 Å². The van der Waals surface area contributed by atoms with Gasteiger partial charge in [0, 0.05) is 6.54 Å². The average Bonchev–Trinajstić information content (AvgIpc) is 3.24. The first kappa shape index (κ1) is 16.9. The van der Waals surface area contributed by atoms with E-state index in [1.54, 1.807) is 27.9 Å². The minimum absolute atomic E-state index is 0.179. The van der Waals surface area contributed by atoms with Gasteiger partial charge in [0.1, 0.15) is 6.10 Å². The van der Waals surface area contributed by atoms with Gasteiger partial charge in [0.25, 0.3) is 5.91 Å². The summed E-state index contributed by atoms with van der Waals surface area (Å²) in [6.45, 7) is 1.33. The molecule has 1 aromatic heterocycles. The summed E-state index contributed by atoms with van der Waals surface area (Å²) in [5.41, 5.74) is 2.60. The molecule has 1 aliphatic heterocycles. The van der Waals surface area contributed by atoms with Crippen molar-refractivity contribution in [1.82, 2.24) is 19.9 Å². The van der Waals surface area contributed by atoms with Crippen molar-refractivity contribution in [3.05, 3.63) is 77.6 Å². The molecule has 7 heteroatoms. The predicted molar refractivity (Wildman–Crippen MR) is 97.1 cm³/mol. The van der Waals surface area contributed by atoms with Crippen molar-refractivity contribution in [2.24, 2.45) is 0 Å². The highest BCUT2D eigenvalue weighted by Crippen LogP contribution is 2.24. The van der Waals surface area contributed by atoms with Crippen molar-refractivity contribution in [3.63, 3.8) is 0 Å². The number of hydrogen-bond donors (Lipinski definition) is 0. The molecule has 4 rings (SSSR count). The fourth-order valence-corrected chi connectivity index (χ4v) is 3.07. The van der Waals surface area contributed by atoms with Crippen molar-refractivity contribution in [2.45, 2.75) is 6.10 Å². The Hall–Kier alpha value is -3.50. The van der Waals surface area contributed by atoms with Crippen LogP contribution in [0.2, 0.25) is 0 Å². The summed E-state index contributed by atoms with van der Waals surface area (Å²) in [6.07, 6.45) is 1.37. The van der Waals surface area contributed by atoms with Gasteiger partial charge in [-0.05, 0) is 29.8 Å². The zero-order valence-electron chi connectivity index (χ0n) is 14.5. The molecule has 1 aliphatic rings. The molecule has 2 aromatic carbocycles. The quantitative estimate of drug-likeness (QED) is 0.717. The Bertz CT molecular complexity index is 993. The molecule has 0 aliphatic carbocycles. The molecular formula is C20H17N5O2. The summed E-state index contributed by atoms with van der Waals surface area (Å²) in [4.78, 5) is 14.6. The summed E-state index contributed by atoms with van der Waals surface area (Å²) in [7, 11) is 0. The second-order valence-corrected chi connectivity index (χ2v) is 6.23. The van der Waals surface area contributed by atoms with E-state index in [9.17, 15) is 4.79 Å². The summed E-state index contributed by atoms with van der Waals surface area (Å²) >= 11 is 0. The average molecular weight is 359 g/mol. The van der Waals surface area contributed by atoms with Crippen LogP contribution < -0.4 is 0 Å². The molecule has 1 atom stereocenters. The maximum absolute atomic E-state index is 12.8. The highest BCUT2D eigenvalue weighted by molar-refractivity contribution is 5.92. The number of aromatic nitrogens is 3. The fraction of sp³-hybridized carbons (Fsp3) is 0.200. The lowest BCUT2D eigenvalue weighted by Gasteiger charge is -2.32. The van der Waals surface area contributed by atoms with Crippen LogP contribution in [0.1, 0.15) is 27.7 Å². The largest absolute Gasteiger partial charge is 0.370 e. The molecule has 0 saturated carbocycles. The van der Waals surface area contributed by atoms with E-state index in [1.807, 2.05) is 42.5 Å². The molecule has 134 valence electrons. The number of amides is 1. The Morgan fingerprint density at radius 2 is 2.04 bits per heavy atom. The van der Waals surface area contributed by atoms with Crippen molar-refractivity contribution in [1.29, 1.82) is 5.26 Å². The van der Waals surface area contributed by atoms with Crippen LogP contribution in [0.5, 0.6) is 0 Å². The zero-order valence-corrected chi connectivity index (χ0v) is 14.5. The predicted octanol–water partition coefficient (Wildman–Crippen LogP) is 2.35. The highest BCUT2D eigenvalue weighted by Gasteiger charge is 2.27. The van der Waals surface area contributed by atoms with Gasteiger partial charge >= 0.3 is 0 Å². The van der Waals surface area contributed by atoms with Crippen molar-refractivity contribution in [2.75, 3.05) is 19.7 Å². The minimum Gasteiger partial charge on any atom is -0.370 e. The fourth-order valence-electron chi connectivity index (χ4n) is 3.07. The first-order chi connectivity index (χ1) is 13.2. The molecule has 0 N–H and O–H groups in total. The number of ether oxygens (including phenoxy) is 1. The maximum atomic E-state index is 12.8. The molecule has 7 nitrogen and oxygen atoms in total. The Labute approximate surface area is 156 Å². The first-order valence-electron chi connectivity index (χ1n) is 8.63. The standard InChI is InChI=1S/C20H17N5O2/c21-12-15-5-4-6-16(11-15)19-14-24(9-10-27-19)20(26)18-13-25(23-22-18)17-7-2-1-3-8-17/h1-8,11,13,19H,9-10,14H2. The van der Waals surface area contributed by atoms with E-state index in [4.69, 9.17) is 10.00 Å². The van der Waals surface area contributed by atoms with Crippen LogP contribution in [0.15, 0.2) is 60.8 Å². The SMILES string of the molecule is N#Cc1cccc(C2CN(C(=O)c3cn(-c4ccccc4)nn3)CCO2)c1. The molecule has 0 spiro atoms. The van der Waals surface area contributed by atoms with Gasteiger partial charge in [0.2, 0.25) is 0 Å². The third-order valence-corrected chi connectivity index (χ3v) is 4.47. The van der Waals surface area contributed by atoms with Crippen LogP contribution >= 0.6 is 0 Å². The number of para-hydroxylation sites is 1. The number of nitriles is 1. The topological polar surface area (TPSA) is 84.0 Å². The summed E-state index contributed by atoms with van der Waals surface area (Å²) in [6, 6.07) is 18.9. The van der Waals surface area contributed by atoms with E-state index in [2.05, 4.69) is 16.4 Å². The molecular weight excluding hydrogens is 342 g/mol. The van der Waals surface area contributed by atoms with E-state index in [0.717, 1.165) is 11.3 Å². The molecule has 1 amide bonds. The van der Waals surface area contributed by atoms with Crippen molar-refractivity contribution < 1.29 is 9.53 Å². The Morgan fingerprint density at radius 3 is 2.85 bits per heavy atom. The van der Waals surface area contributed by atoms with Gasteiger partial charge in [-0.1, -0.05) is 35.5 Å². The van der Waals surface area contributed by atoms with Crippen LogP contribution in [0.4, 0.5) is 0 Å². The van der Waals surface area contributed by atoms with Crippen LogP contribution in [0.3, 0.4) is 0 Å². The zero-order chi connectivity index (χ0) is 18.6. The van der Waals surface area contributed by atoms with Gasteiger partial charge in [-0.25, -0.2) is 4.68 Å². The van der Waals surface area contributed by atoms with Crippen molar-refractivity contribution >= 4 is 5.91 Å². The Morgan fingerprint density at radius 1 is 1.19 bits per heavy atom. The number of hydrogen-bond acceptors (Lipinski definition) is 5. The molecule has 0 radical (unpaired) electrons. The summed E-state index contributed by atoms with van der Waals surface area (Å²) in [5, 5.41) is 17.2. The lowest BCUT2D eigenvalue weighted by Crippen LogP contribution is -2.42. The normalized spacial score (nSPS) is 16.7. The number of nitrogens with zero attached hydrogens (tertiary/aromatic N) is 5. The number of morpholine rings is 1. The number of rotatable bonds is 3. The smallest absolute Gasteiger partial charge is 0.276 e. The first-order valence-corrected chi connectivity index (χ1v) is 8.63. The van der Waals surface area contributed by atoms with Gasteiger partial charge in [0.05, 0.1) is 36.7 Å². The molecule has 1 fully saturated rings. The van der Waals surface area contributed by atoms with Gasteiger partial charge in [-0.2, -0.15) is 5.26 Å². The summed E-state index contributed by atoms with van der Waals surface area (Å²) < 4.78 is 7.39.